The number of anilines is 1. The zero-order chi connectivity index (χ0) is 17.5. The smallest absolute Gasteiger partial charge is 0.228 e. The first-order valence-corrected chi connectivity index (χ1v) is 9.01. The van der Waals surface area contributed by atoms with Crippen molar-refractivity contribution in [2.45, 2.75) is 6.42 Å². The highest BCUT2D eigenvalue weighted by atomic mass is 32.2. The molecule has 0 saturated carbocycles. The van der Waals surface area contributed by atoms with Gasteiger partial charge < -0.3 is 4.90 Å². The number of azide groups is 1. The summed E-state index contributed by atoms with van der Waals surface area (Å²) in [5.74, 6) is -0.736. The number of hydrogen-bond acceptors (Lipinski definition) is 6. The van der Waals surface area contributed by atoms with Gasteiger partial charge in [0.1, 0.15) is 21.7 Å². The Bertz CT molecular complexity index is 805. The fraction of sp³-hybridized carbons (Fsp3) is 0.308. The summed E-state index contributed by atoms with van der Waals surface area (Å²) in [6.07, 6.45) is 4.16. The number of amides is 1. The molecule has 24 heavy (non-hydrogen) atoms. The molecular formula is C13H13FN6O2S2. The van der Waals surface area contributed by atoms with Gasteiger partial charge in [0.15, 0.2) is 0 Å². The second-order valence-electron chi connectivity index (χ2n) is 4.60. The Morgan fingerprint density at radius 1 is 1.50 bits per heavy atom. The van der Waals surface area contributed by atoms with Gasteiger partial charge in [0.05, 0.1) is 12.4 Å². The van der Waals surface area contributed by atoms with Crippen molar-refractivity contribution in [3.8, 4) is 10.6 Å². The first kappa shape index (κ1) is 18.0. The predicted molar refractivity (Wildman–Crippen MR) is 90.4 cm³/mol. The highest BCUT2D eigenvalue weighted by Gasteiger charge is 2.16. The molecule has 2 aromatic rings. The van der Waals surface area contributed by atoms with Crippen LogP contribution in [0.4, 0.5) is 9.39 Å². The second kappa shape index (κ2) is 8.48. The van der Waals surface area contributed by atoms with Crippen molar-refractivity contribution < 1.29 is 13.4 Å². The number of carbonyl (C=O) groups excluding carboxylic acids is 1. The highest BCUT2D eigenvalue weighted by Crippen LogP contribution is 2.30. The fourth-order valence-electron chi connectivity index (χ4n) is 1.73. The molecule has 0 aliphatic heterocycles. The number of nitrogens with zero attached hydrogens (tertiary/aromatic N) is 6. The summed E-state index contributed by atoms with van der Waals surface area (Å²) in [4.78, 5) is 24.0. The van der Waals surface area contributed by atoms with Gasteiger partial charge in [0, 0.05) is 46.7 Å². The molecule has 2 rings (SSSR count). The number of aromatic nitrogens is 2. The molecule has 0 aliphatic rings. The number of carbonyl (C=O) groups is 1. The van der Waals surface area contributed by atoms with Gasteiger partial charge in [-0.1, -0.05) is 16.5 Å². The molecule has 0 aliphatic carbocycles. The monoisotopic (exact) mass is 368 g/mol. The number of halogens is 1. The topological polar surface area (TPSA) is 112 Å². The van der Waals surface area contributed by atoms with E-state index in [9.17, 15) is 13.4 Å². The van der Waals surface area contributed by atoms with E-state index in [4.69, 9.17) is 5.53 Å². The van der Waals surface area contributed by atoms with Gasteiger partial charge in [-0.2, -0.15) is 0 Å². The predicted octanol–water partition coefficient (Wildman–Crippen LogP) is 2.71. The Morgan fingerprint density at radius 3 is 3.00 bits per heavy atom. The van der Waals surface area contributed by atoms with Gasteiger partial charge in [0.25, 0.3) is 0 Å². The van der Waals surface area contributed by atoms with Crippen LogP contribution in [0.5, 0.6) is 0 Å². The molecule has 1 atom stereocenters. The molecule has 0 radical (unpaired) electrons. The summed E-state index contributed by atoms with van der Waals surface area (Å²) in [5, 5.41) is 4.34. The van der Waals surface area contributed by atoms with Crippen molar-refractivity contribution >= 4 is 33.0 Å². The molecule has 0 bridgehead atoms. The van der Waals surface area contributed by atoms with Crippen molar-refractivity contribution in [2.75, 3.05) is 23.6 Å². The minimum Gasteiger partial charge on any atom is -0.306 e. The summed E-state index contributed by atoms with van der Waals surface area (Å²) >= 11 is 1.22. The fourth-order valence-corrected chi connectivity index (χ4v) is 3.32. The molecule has 2 aromatic heterocycles. The van der Waals surface area contributed by atoms with E-state index in [-0.39, 0.29) is 24.0 Å². The van der Waals surface area contributed by atoms with Crippen molar-refractivity contribution in [3.05, 3.63) is 40.9 Å². The summed E-state index contributed by atoms with van der Waals surface area (Å²) in [6, 6.07) is 1.32. The molecule has 0 fully saturated rings. The molecule has 0 spiro atoms. The Labute approximate surface area is 143 Å². The number of hydrogen-bond donors (Lipinski definition) is 0. The Morgan fingerprint density at radius 2 is 2.29 bits per heavy atom. The van der Waals surface area contributed by atoms with Gasteiger partial charge in [-0.15, -0.1) is 0 Å². The molecule has 126 valence electrons. The van der Waals surface area contributed by atoms with E-state index in [1.54, 1.807) is 7.05 Å². The van der Waals surface area contributed by atoms with Crippen LogP contribution in [0.2, 0.25) is 0 Å². The lowest BCUT2D eigenvalue weighted by Gasteiger charge is -2.13. The number of thiazole rings is 1. The van der Waals surface area contributed by atoms with E-state index in [0.717, 1.165) is 6.20 Å². The van der Waals surface area contributed by atoms with E-state index >= 15 is 0 Å². The zero-order valence-corrected chi connectivity index (χ0v) is 14.3. The normalized spacial score (nSPS) is 11.6. The van der Waals surface area contributed by atoms with Crippen LogP contribution >= 0.6 is 11.3 Å². The highest BCUT2D eigenvalue weighted by molar-refractivity contribution is 7.84. The van der Waals surface area contributed by atoms with Gasteiger partial charge in [-0.05, 0) is 11.6 Å². The lowest BCUT2D eigenvalue weighted by molar-refractivity contribution is -0.117. The minimum atomic E-state index is -1.37. The summed E-state index contributed by atoms with van der Waals surface area (Å²) in [6.45, 7) is 0. The molecule has 8 nitrogen and oxygen atoms in total. The molecule has 0 N–H and O–H groups in total. The van der Waals surface area contributed by atoms with Crippen LogP contribution in [0.15, 0.2) is 29.8 Å². The van der Waals surface area contributed by atoms with Crippen LogP contribution in [0, 0.1) is 5.82 Å². The van der Waals surface area contributed by atoms with Crippen LogP contribution in [-0.2, 0) is 15.6 Å². The molecular weight excluding hydrogens is 355 g/mol. The Kier molecular flexibility index (Phi) is 6.36. The molecule has 0 saturated heterocycles. The molecule has 0 aromatic carbocycles. The average Bonchev–Trinajstić information content (AvgIpc) is 3.07. The summed E-state index contributed by atoms with van der Waals surface area (Å²) in [7, 11) is 0.213. The van der Waals surface area contributed by atoms with Crippen LogP contribution in [0.25, 0.3) is 21.0 Å². The Balaban J connectivity index is 2.00. The third kappa shape index (κ3) is 4.82. The van der Waals surface area contributed by atoms with Gasteiger partial charge in [0.2, 0.25) is 5.91 Å². The van der Waals surface area contributed by atoms with Crippen molar-refractivity contribution in [1.29, 1.82) is 0 Å². The van der Waals surface area contributed by atoms with E-state index in [1.807, 2.05) is 0 Å². The summed E-state index contributed by atoms with van der Waals surface area (Å²) in [5.41, 5.74) is 8.69. The van der Waals surface area contributed by atoms with Gasteiger partial charge >= 0.3 is 0 Å². The number of rotatable bonds is 7. The molecule has 1 amide bonds. The lowest BCUT2D eigenvalue weighted by Crippen LogP contribution is -2.26. The Hall–Kier alpha value is -2.36. The summed E-state index contributed by atoms with van der Waals surface area (Å²) < 4.78 is 24.7. The molecule has 11 heteroatoms. The van der Waals surface area contributed by atoms with Crippen molar-refractivity contribution in [3.63, 3.8) is 0 Å². The maximum absolute atomic E-state index is 13.2. The average molecular weight is 368 g/mol. The van der Waals surface area contributed by atoms with Crippen molar-refractivity contribution in [2.24, 2.45) is 5.11 Å². The lowest BCUT2D eigenvalue weighted by atomic mass is 10.3. The zero-order valence-electron chi connectivity index (χ0n) is 12.6. The third-order valence-corrected chi connectivity index (χ3v) is 5.14. The first-order valence-electron chi connectivity index (χ1n) is 6.70. The van der Waals surface area contributed by atoms with E-state index in [0.29, 0.717) is 15.6 Å². The first-order chi connectivity index (χ1) is 11.5. The van der Waals surface area contributed by atoms with Crippen LogP contribution in [0.3, 0.4) is 0 Å². The minimum absolute atomic E-state index is 0.0544. The SMILES string of the molecule is CN(C(=O)CCS(=O)CN=[N+]=[N-])c1cnc(-c2cncc(F)c2)s1. The molecule has 1 unspecified atom stereocenters. The van der Waals surface area contributed by atoms with E-state index in [2.05, 4.69) is 20.0 Å². The largest absolute Gasteiger partial charge is 0.306 e. The second-order valence-corrected chi connectivity index (χ2v) is 7.16. The van der Waals surface area contributed by atoms with E-state index in [1.165, 1.54) is 34.7 Å². The van der Waals surface area contributed by atoms with E-state index < -0.39 is 16.6 Å². The quantitative estimate of drug-likeness (QED) is 0.425. The van der Waals surface area contributed by atoms with Crippen LogP contribution in [-0.4, -0.2) is 38.8 Å². The third-order valence-electron chi connectivity index (χ3n) is 2.96. The van der Waals surface area contributed by atoms with Crippen LogP contribution < -0.4 is 4.90 Å². The van der Waals surface area contributed by atoms with Gasteiger partial charge in [-0.3, -0.25) is 14.0 Å². The standard InChI is InChI=1S/C13H13FN6O2S2/c1-20(11(21)2-3-24(22)8-18-19-15)12-7-17-13(23-12)9-4-10(14)6-16-5-9/h4-7H,2-3,8H2,1H3. The van der Waals surface area contributed by atoms with Gasteiger partial charge in [-0.25, -0.2) is 9.37 Å². The van der Waals surface area contributed by atoms with Crippen molar-refractivity contribution in [1.82, 2.24) is 9.97 Å². The maximum atomic E-state index is 13.2. The number of pyridine rings is 1. The maximum Gasteiger partial charge on any atom is 0.228 e. The molecule has 2 heterocycles. The van der Waals surface area contributed by atoms with Crippen LogP contribution in [0.1, 0.15) is 6.42 Å².